The molecule has 0 spiro atoms. The lowest BCUT2D eigenvalue weighted by Gasteiger charge is -2.52. The van der Waals surface area contributed by atoms with Crippen LogP contribution in [0.3, 0.4) is 0 Å². The first kappa shape index (κ1) is 14.9. The topological polar surface area (TPSA) is 26.3 Å². The van der Waals surface area contributed by atoms with Crippen LogP contribution in [0.25, 0.3) is 0 Å². The molecule has 4 atom stereocenters. The predicted molar refractivity (Wildman–Crippen MR) is 80.8 cm³/mol. The van der Waals surface area contributed by atoms with Gasteiger partial charge in [0.2, 0.25) is 0 Å². The molecule has 2 heteroatoms. The number of terminal acetylenes is 1. The summed E-state index contributed by atoms with van der Waals surface area (Å²) in [5.41, 5.74) is 2.38. The number of esters is 1. The molecule has 2 nitrogen and oxygen atoms in total. The molecule has 0 aromatic rings. The molecule has 0 aromatic heterocycles. The lowest BCUT2D eigenvalue weighted by molar-refractivity contribution is -0.160. The molecule has 3 fully saturated rings. The van der Waals surface area contributed by atoms with E-state index in [4.69, 9.17) is 4.74 Å². The van der Waals surface area contributed by atoms with Crippen molar-refractivity contribution in [3.8, 4) is 12.8 Å². The molecular formula is C18H24O2. The molecule has 1 saturated heterocycles. The molecule has 1 aliphatic heterocycles. The van der Waals surface area contributed by atoms with Crippen LogP contribution in [-0.4, -0.2) is 12.1 Å². The summed E-state index contributed by atoms with van der Waals surface area (Å²) >= 11 is 0. The fourth-order valence-electron chi connectivity index (χ4n) is 4.31. The predicted octanol–water partition coefficient (Wildman–Crippen LogP) is 3.88. The van der Waals surface area contributed by atoms with Gasteiger partial charge in [0, 0.05) is 11.5 Å². The smallest absolute Gasteiger partial charge is 0.333 e. The maximum atomic E-state index is 11.6. The van der Waals surface area contributed by atoms with E-state index in [1.54, 1.807) is 0 Å². The largest absolute Gasteiger partial charge is 0.459 e. The highest BCUT2D eigenvalue weighted by Gasteiger charge is 2.49. The molecule has 2 saturated carbocycles. The van der Waals surface area contributed by atoms with Crippen LogP contribution in [0.5, 0.6) is 0 Å². The van der Waals surface area contributed by atoms with Gasteiger partial charge in [-0.1, -0.05) is 25.7 Å². The van der Waals surface area contributed by atoms with Crippen molar-refractivity contribution in [2.24, 2.45) is 17.3 Å². The number of carbonyl (C=O) groups excluding carboxylic acids is 1. The summed E-state index contributed by atoms with van der Waals surface area (Å²) in [7, 11) is 0. The molecule has 3 aliphatic rings. The Labute approximate surface area is 122 Å². The van der Waals surface area contributed by atoms with Gasteiger partial charge in [0.25, 0.3) is 0 Å². The third kappa shape index (κ3) is 2.42. The van der Waals surface area contributed by atoms with Crippen molar-refractivity contribution in [3.05, 3.63) is 24.3 Å². The molecule has 3 rings (SSSR count). The van der Waals surface area contributed by atoms with Crippen molar-refractivity contribution < 1.29 is 9.53 Å². The quantitative estimate of drug-likeness (QED) is 0.289. The van der Waals surface area contributed by atoms with Crippen LogP contribution in [0.4, 0.5) is 0 Å². The Morgan fingerprint density at radius 2 is 2.05 bits per heavy atom. The molecule has 0 aromatic carbocycles. The minimum Gasteiger partial charge on any atom is -0.459 e. The number of ether oxygens (including phenoxy) is 1. The third-order valence-electron chi connectivity index (χ3n) is 5.37. The maximum absolute atomic E-state index is 11.6. The molecule has 2 unspecified atom stereocenters. The van der Waals surface area contributed by atoms with Crippen molar-refractivity contribution in [1.29, 1.82) is 0 Å². The number of carbonyl (C=O) groups is 1. The van der Waals surface area contributed by atoms with Crippen LogP contribution < -0.4 is 0 Å². The van der Waals surface area contributed by atoms with Gasteiger partial charge >= 0.3 is 5.97 Å². The Bertz CT molecular complexity index is 459. The second kappa shape index (κ2) is 5.48. The Kier molecular flexibility index (Phi) is 4.09. The Morgan fingerprint density at radius 1 is 1.35 bits per heavy atom. The summed E-state index contributed by atoms with van der Waals surface area (Å²) in [5.74, 6) is 0.924. The minimum atomic E-state index is -0.173. The van der Waals surface area contributed by atoms with E-state index < -0.39 is 0 Å². The normalized spacial score (nSPS) is 39.8. The molecule has 20 heavy (non-hydrogen) atoms. The highest BCUT2D eigenvalue weighted by Crippen LogP contribution is 2.55. The van der Waals surface area contributed by atoms with E-state index in [2.05, 4.69) is 32.9 Å². The number of rotatable bonds is 0. The van der Waals surface area contributed by atoms with Gasteiger partial charge < -0.3 is 4.74 Å². The van der Waals surface area contributed by atoms with Crippen LogP contribution in [-0.2, 0) is 9.53 Å². The van der Waals surface area contributed by atoms with Crippen LogP contribution >= 0.6 is 0 Å². The number of hydrogen-bond donors (Lipinski definition) is 0. The summed E-state index contributed by atoms with van der Waals surface area (Å²) in [4.78, 5) is 11.6. The summed E-state index contributed by atoms with van der Waals surface area (Å²) in [6.45, 7) is 10.5. The van der Waals surface area contributed by atoms with Crippen LogP contribution in [0.15, 0.2) is 24.3 Å². The fraction of sp³-hybridized carbons (Fsp3) is 0.611. The zero-order valence-electron chi connectivity index (χ0n) is 12.4. The molecule has 0 N–H and O–H groups in total. The van der Waals surface area contributed by atoms with Gasteiger partial charge in [0.1, 0.15) is 6.10 Å². The first-order valence-corrected chi connectivity index (χ1v) is 7.39. The SMILES string of the molecule is C#C.C=C1CC2CC3C(=C)CCC[C@]3(C)C[C@H]2OC1=O. The molecule has 0 radical (unpaired) electrons. The highest BCUT2D eigenvalue weighted by atomic mass is 16.5. The Morgan fingerprint density at radius 3 is 2.75 bits per heavy atom. The second-order valence-corrected chi connectivity index (χ2v) is 6.67. The standard InChI is InChI=1S/C16H22O2.C2H2/c1-10-5-4-6-16(3)9-14-12(8-13(10)16)7-11(2)15(17)18-14;1-2/h12-14H,1-2,4-9H2,3H3;1-2H/t12?,13?,14-,16-;/m1./s1. The van der Waals surface area contributed by atoms with Gasteiger partial charge in [-0.05, 0) is 49.9 Å². The van der Waals surface area contributed by atoms with Crippen molar-refractivity contribution in [2.45, 2.75) is 51.6 Å². The first-order valence-electron chi connectivity index (χ1n) is 7.39. The highest BCUT2D eigenvalue weighted by molar-refractivity contribution is 5.88. The average molecular weight is 272 g/mol. The Balaban J connectivity index is 0.000000704. The van der Waals surface area contributed by atoms with E-state index in [0.717, 1.165) is 19.3 Å². The average Bonchev–Trinajstić information content (AvgIpc) is 2.41. The summed E-state index contributed by atoms with van der Waals surface area (Å²) in [6.07, 6.45) is 14.8. The zero-order chi connectivity index (χ0) is 14.9. The van der Waals surface area contributed by atoms with Gasteiger partial charge in [-0.25, -0.2) is 4.79 Å². The van der Waals surface area contributed by atoms with E-state index in [-0.39, 0.29) is 12.1 Å². The number of hydrogen-bond acceptors (Lipinski definition) is 2. The van der Waals surface area contributed by atoms with Crippen LogP contribution in [0, 0.1) is 30.1 Å². The number of fused-ring (bicyclic) bond motifs is 2. The monoisotopic (exact) mass is 272 g/mol. The molecule has 1 heterocycles. The molecule has 0 amide bonds. The van der Waals surface area contributed by atoms with E-state index >= 15 is 0 Å². The van der Waals surface area contributed by atoms with Crippen molar-refractivity contribution >= 4 is 5.97 Å². The summed E-state index contributed by atoms with van der Waals surface area (Å²) < 4.78 is 5.58. The molecule has 2 aliphatic carbocycles. The van der Waals surface area contributed by atoms with Gasteiger partial charge in [-0.3, -0.25) is 0 Å². The summed E-state index contributed by atoms with van der Waals surface area (Å²) in [6, 6.07) is 0. The third-order valence-corrected chi connectivity index (χ3v) is 5.37. The van der Waals surface area contributed by atoms with Crippen molar-refractivity contribution in [2.75, 3.05) is 0 Å². The van der Waals surface area contributed by atoms with E-state index in [0.29, 0.717) is 22.8 Å². The molecular weight excluding hydrogens is 248 g/mol. The second-order valence-electron chi connectivity index (χ2n) is 6.67. The van der Waals surface area contributed by atoms with Crippen LogP contribution in [0.2, 0.25) is 0 Å². The first-order chi connectivity index (χ1) is 9.49. The molecule has 0 bridgehead atoms. The van der Waals surface area contributed by atoms with Crippen LogP contribution in [0.1, 0.15) is 45.4 Å². The van der Waals surface area contributed by atoms with Gasteiger partial charge in [0.05, 0.1) is 0 Å². The summed E-state index contributed by atoms with van der Waals surface area (Å²) in [5, 5.41) is 0. The molecule has 108 valence electrons. The lowest BCUT2D eigenvalue weighted by atomic mass is 9.55. The van der Waals surface area contributed by atoms with Gasteiger partial charge in [-0.2, -0.15) is 0 Å². The number of allylic oxidation sites excluding steroid dienone is 1. The van der Waals surface area contributed by atoms with Crippen molar-refractivity contribution in [1.82, 2.24) is 0 Å². The Hall–Kier alpha value is -1.49. The van der Waals surface area contributed by atoms with Gasteiger partial charge in [-0.15, -0.1) is 12.8 Å². The minimum absolute atomic E-state index is 0.121. The van der Waals surface area contributed by atoms with E-state index in [1.807, 2.05) is 0 Å². The van der Waals surface area contributed by atoms with Crippen molar-refractivity contribution in [3.63, 3.8) is 0 Å². The maximum Gasteiger partial charge on any atom is 0.333 e. The fourth-order valence-corrected chi connectivity index (χ4v) is 4.31. The van der Waals surface area contributed by atoms with E-state index in [1.165, 1.54) is 24.8 Å². The lowest BCUT2D eigenvalue weighted by Crippen LogP contribution is -2.48. The van der Waals surface area contributed by atoms with E-state index in [9.17, 15) is 4.79 Å². The zero-order valence-corrected chi connectivity index (χ0v) is 12.4. The van der Waals surface area contributed by atoms with Gasteiger partial charge in [0.15, 0.2) is 0 Å².